The van der Waals surface area contributed by atoms with Gasteiger partial charge in [-0.2, -0.15) is 0 Å². The van der Waals surface area contributed by atoms with Crippen molar-refractivity contribution >= 4 is 39.0 Å². The Morgan fingerprint density at radius 3 is 2.58 bits per heavy atom. The summed E-state index contributed by atoms with van der Waals surface area (Å²) in [4.78, 5) is 19.8. The van der Waals surface area contributed by atoms with Gasteiger partial charge in [-0.25, -0.2) is 4.99 Å². The van der Waals surface area contributed by atoms with Crippen LogP contribution in [0.2, 0.25) is 0 Å². The number of methoxy groups -OCH3 is 3. The van der Waals surface area contributed by atoms with E-state index in [2.05, 4.69) is 40.2 Å². The lowest BCUT2D eigenvalue weighted by molar-refractivity contribution is 0.392. The predicted octanol–water partition coefficient (Wildman–Crippen LogP) is 5.11. The lowest BCUT2D eigenvalue weighted by atomic mass is 9.83. The quantitative estimate of drug-likeness (QED) is 0.325. The number of aromatic nitrogens is 1. The number of nitrogens with zero attached hydrogens (tertiary/aromatic N) is 2. The third kappa shape index (κ3) is 4.08. The van der Waals surface area contributed by atoms with Gasteiger partial charge in [0.2, 0.25) is 0 Å². The zero-order valence-electron chi connectivity index (χ0n) is 21.2. The normalized spacial score (nSPS) is 16.3. The maximum atomic E-state index is 14.0. The van der Waals surface area contributed by atoms with E-state index in [1.165, 1.54) is 16.9 Å². The first-order valence-corrected chi connectivity index (χ1v) is 13.8. The monoisotopic (exact) mass is 588 g/mol. The molecule has 8 heteroatoms. The summed E-state index contributed by atoms with van der Waals surface area (Å²) in [5.74, 6) is 2.03. The molecule has 1 atom stereocenters. The number of fused-ring (bicyclic) bond motifs is 3. The fourth-order valence-corrected chi connectivity index (χ4v) is 6.79. The standard InChI is InChI=1S/C30H25BrN2O4S/c1-35-20-9-6-8-18(13-20)28-22-12-11-17-7-4-5-10-21(17)27(22)32-30-33(28)29(34)26(38-30)15-19-14-23(31)25(37-3)16-24(19)36-2/h4-10,13-16,28H,11-12H2,1-3H3. The minimum absolute atomic E-state index is 0.0824. The molecule has 0 bridgehead atoms. The fourth-order valence-electron chi connectivity index (χ4n) is 5.27. The molecule has 3 aromatic carbocycles. The molecular formula is C30H25BrN2O4S. The molecule has 0 saturated carbocycles. The first-order chi connectivity index (χ1) is 18.5. The molecule has 1 aromatic heterocycles. The van der Waals surface area contributed by atoms with Crippen LogP contribution in [0, 0.1) is 0 Å². The SMILES string of the molecule is COc1cccc(C2C3=C(N=c4sc(=Cc5cc(Br)c(OC)cc5OC)c(=O)n42)c2ccccc2CC3)c1. The number of hydrogen-bond acceptors (Lipinski definition) is 6. The Balaban J connectivity index is 1.61. The molecule has 2 heterocycles. The van der Waals surface area contributed by atoms with Gasteiger partial charge >= 0.3 is 0 Å². The summed E-state index contributed by atoms with van der Waals surface area (Å²) < 4.78 is 19.8. The first-order valence-electron chi connectivity index (χ1n) is 12.2. The van der Waals surface area contributed by atoms with Gasteiger partial charge in [0.25, 0.3) is 5.56 Å². The van der Waals surface area contributed by atoms with Crippen LogP contribution in [0.15, 0.2) is 80.5 Å². The largest absolute Gasteiger partial charge is 0.497 e. The molecule has 1 aliphatic heterocycles. The van der Waals surface area contributed by atoms with Crippen molar-refractivity contribution in [2.24, 2.45) is 4.99 Å². The minimum Gasteiger partial charge on any atom is -0.497 e. The number of halogens is 1. The molecule has 6 nitrogen and oxygen atoms in total. The molecule has 192 valence electrons. The van der Waals surface area contributed by atoms with Crippen LogP contribution in [0.1, 0.15) is 34.7 Å². The van der Waals surface area contributed by atoms with Gasteiger partial charge in [-0.15, -0.1) is 0 Å². The highest BCUT2D eigenvalue weighted by atomic mass is 79.9. The molecule has 2 aliphatic rings. The van der Waals surface area contributed by atoms with E-state index < -0.39 is 0 Å². The maximum absolute atomic E-state index is 14.0. The van der Waals surface area contributed by atoms with Gasteiger partial charge in [0, 0.05) is 17.2 Å². The summed E-state index contributed by atoms with van der Waals surface area (Å²) in [6.07, 6.45) is 3.61. The average Bonchev–Trinajstić information content (AvgIpc) is 3.26. The van der Waals surface area contributed by atoms with Crippen molar-refractivity contribution in [3.8, 4) is 17.2 Å². The van der Waals surface area contributed by atoms with Gasteiger partial charge in [-0.3, -0.25) is 9.36 Å². The number of aryl methyl sites for hydroxylation is 1. The van der Waals surface area contributed by atoms with Gasteiger partial charge in [0.15, 0.2) is 4.80 Å². The Morgan fingerprint density at radius 1 is 0.974 bits per heavy atom. The smallest absolute Gasteiger partial charge is 0.271 e. The van der Waals surface area contributed by atoms with E-state index in [1.54, 1.807) is 21.3 Å². The van der Waals surface area contributed by atoms with E-state index in [1.807, 2.05) is 47.0 Å². The van der Waals surface area contributed by atoms with Gasteiger partial charge < -0.3 is 14.2 Å². The number of ether oxygens (including phenoxy) is 3. The Labute approximate surface area is 232 Å². The zero-order chi connectivity index (χ0) is 26.4. The predicted molar refractivity (Wildman–Crippen MR) is 153 cm³/mol. The Morgan fingerprint density at radius 2 is 1.79 bits per heavy atom. The highest BCUT2D eigenvalue weighted by molar-refractivity contribution is 9.10. The third-order valence-electron chi connectivity index (χ3n) is 7.07. The second-order valence-electron chi connectivity index (χ2n) is 9.12. The van der Waals surface area contributed by atoms with Crippen LogP contribution in [-0.2, 0) is 6.42 Å². The lowest BCUT2D eigenvalue weighted by Crippen LogP contribution is -2.38. The van der Waals surface area contributed by atoms with Gasteiger partial charge in [0.05, 0.1) is 42.1 Å². The fraction of sp³-hybridized carbons (Fsp3) is 0.200. The number of rotatable bonds is 5. The van der Waals surface area contributed by atoms with E-state index in [4.69, 9.17) is 19.2 Å². The topological polar surface area (TPSA) is 62.0 Å². The van der Waals surface area contributed by atoms with Crippen molar-refractivity contribution in [3.63, 3.8) is 0 Å². The summed E-state index contributed by atoms with van der Waals surface area (Å²) in [5, 5.41) is 0. The van der Waals surface area contributed by atoms with Crippen LogP contribution >= 0.6 is 27.3 Å². The molecule has 1 aliphatic carbocycles. The van der Waals surface area contributed by atoms with Crippen LogP contribution in [0.5, 0.6) is 17.2 Å². The van der Waals surface area contributed by atoms with Crippen LogP contribution < -0.4 is 29.1 Å². The number of allylic oxidation sites excluding steroid dienone is 1. The van der Waals surface area contributed by atoms with E-state index in [-0.39, 0.29) is 11.6 Å². The molecule has 0 N–H and O–H groups in total. The lowest BCUT2D eigenvalue weighted by Gasteiger charge is -2.31. The molecule has 0 spiro atoms. The molecule has 1 unspecified atom stereocenters. The van der Waals surface area contributed by atoms with Crippen molar-refractivity contribution < 1.29 is 14.2 Å². The molecule has 0 amide bonds. The van der Waals surface area contributed by atoms with Gasteiger partial charge in [-0.05, 0) is 69.7 Å². The summed E-state index contributed by atoms with van der Waals surface area (Å²) >= 11 is 4.94. The molecule has 38 heavy (non-hydrogen) atoms. The Kier molecular flexibility index (Phi) is 6.45. The van der Waals surface area contributed by atoms with Crippen molar-refractivity contribution in [2.45, 2.75) is 18.9 Å². The second kappa shape index (κ2) is 9.93. The second-order valence-corrected chi connectivity index (χ2v) is 11.0. The van der Waals surface area contributed by atoms with Crippen molar-refractivity contribution in [2.75, 3.05) is 21.3 Å². The third-order valence-corrected chi connectivity index (χ3v) is 8.68. The zero-order valence-corrected chi connectivity index (χ0v) is 23.6. The summed E-state index contributed by atoms with van der Waals surface area (Å²) in [7, 11) is 4.87. The van der Waals surface area contributed by atoms with E-state index in [0.29, 0.717) is 20.8 Å². The number of benzene rings is 3. The van der Waals surface area contributed by atoms with Crippen LogP contribution in [0.25, 0.3) is 11.8 Å². The van der Waals surface area contributed by atoms with Crippen molar-refractivity contribution in [3.05, 3.63) is 113 Å². The minimum atomic E-state index is -0.267. The summed E-state index contributed by atoms with van der Waals surface area (Å²) in [6.45, 7) is 0. The summed E-state index contributed by atoms with van der Waals surface area (Å²) in [5.41, 5.74) is 6.24. The number of hydrogen-bond donors (Lipinski definition) is 0. The molecule has 4 aromatic rings. The number of thiazole rings is 1. The molecular weight excluding hydrogens is 564 g/mol. The molecule has 0 radical (unpaired) electrons. The maximum Gasteiger partial charge on any atom is 0.271 e. The van der Waals surface area contributed by atoms with Gasteiger partial charge in [-0.1, -0.05) is 47.7 Å². The van der Waals surface area contributed by atoms with Crippen LogP contribution in [0.3, 0.4) is 0 Å². The molecule has 6 rings (SSSR count). The highest BCUT2D eigenvalue weighted by Gasteiger charge is 2.32. The average molecular weight is 590 g/mol. The van der Waals surface area contributed by atoms with E-state index in [9.17, 15) is 4.79 Å². The van der Waals surface area contributed by atoms with Crippen molar-refractivity contribution in [1.29, 1.82) is 0 Å². The molecule has 0 saturated heterocycles. The van der Waals surface area contributed by atoms with E-state index >= 15 is 0 Å². The van der Waals surface area contributed by atoms with Gasteiger partial charge in [0.1, 0.15) is 17.2 Å². The molecule has 0 fully saturated rings. The van der Waals surface area contributed by atoms with Crippen LogP contribution in [0.4, 0.5) is 0 Å². The highest BCUT2D eigenvalue weighted by Crippen LogP contribution is 2.41. The van der Waals surface area contributed by atoms with E-state index in [0.717, 1.165) is 51.0 Å². The Bertz CT molecular complexity index is 1790. The first kappa shape index (κ1) is 24.7. The van der Waals surface area contributed by atoms with Crippen LogP contribution in [-0.4, -0.2) is 25.9 Å². The summed E-state index contributed by atoms with van der Waals surface area (Å²) in [6, 6.07) is 19.8. The van der Waals surface area contributed by atoms with Crippen molar-refractivity contribution in [1.82, 2.24) is 4.57 Å². The Hall–Kier alpha value is -3.62.